The Kier molecular flexibility index (Phi) is 4.42. The topological polar surface area (TPSA) is 47.0 Å². The molecule has 0 radical (unpaired) electrons. The molecule has 1 amide bonds. The molecule has 1 heterocycles. The van der Waals surface area contributed by atoms with Crippen LogP contribution in [0.25, 0.3) is 0 Å². The Bertz CT molecular complexity index is 299. The molecule has 1 aromatic heterocycles. The first-order valence-corrected chi connectivity index (χ1v) is 3.92. The van der Waals surface area contributed by atoms with Crippen molar-refractivity contribution in [2.24, 2.45) is 5.73 Å². The lowest BCUT2D eigenvalue weighted by Gasteiger charge is -1.99. The van der Waals surface area contributed by atoms with Gasteiger partial charge in [-0.25, -0.2) is 4.57 Å². The van der Waals surface area contributed by atoms with Gasteiger partial charge in [0.15, 0.2) is 18.4 Å². The van der Waals surface area contributed by atoms with Crippen LogP contribution in [0, 0.1) is 0 Å². The van der Waals surface area contributed by atoms with Crippen molar-refractivity contribution in [3.63, 3.8) is 0 Å². The molecular weight excluding hydrogens is 188 g/mol. The number of nitrogens with two attached hydrogens (primary N) is 1. The summed E-state index contributed by atoms with van der Waals surface area (Å²) in [5.41, 5.74) is 5.68. The zero-order valence-electron chi connectivity index (χ0n) is 7.70. The molecule has 4 heteroatoms. The third kappa shape index (κ3) is 3.03. The van der Waals surface area contributed by atoms with Gasteiger partial charge in [-0.2, -0.15) is 0 Å². The van der Waals surface area contributed by atoms with E-state index in [4.69, 9.17) is 5.73 Å². The molecule has 1 rings (SSSR count). The average Bonchev–Trinajstić information content (AvgIpc) is 2.04. The van der Waals surface area contributed by atoms with Crippen molar-refractivity contribution in [1.29, 1.82) is 0 Å². The molecule has 13 heavy (non-hydrogen) atoms. The van der Waals surface area contributed by atoms with E-state index in [0.717, 1.165) is 0 Å². The van der Waals surface area contributed by atoms with Crippen LogP contribution in [0.4, 0.5) is 0 Å². The highest BCUT2D eigenvalue weighted by molar-refractivity contribution is 5.92. The molecule has 0 saturated carbocycles. The highest BCUT2D eigenvalue weighted by atomic mass is 35.5. The number of aromatic nitrogens is 1. The van der Waals surface area contributed by atoms with Gasteiger partial charge in [-0.15, -0.1) is 0 Å². The predicted octanol–water partition coefficient (Wildman–Crippen LogP) is -2.34. The summed E-state index contributed by atoms with van der Waals surface area (Å²) in [4.78, 5) is 10.8. The summed E-state index contributed by atoms with van der Waals surface area (Å²) in [7, 11) is 0. The number of nitrogens with zero attached hydrogens (tertiary/aromatic N) is 1. The van der Waals surface area contributed by atoms with E-state index in [0.29, 0.717) is 11.6 Å². The summed E-state index contributed by atoms with van der Waals surface area (Å²) in [5.74, 6) is -0.384. The van der Waals surface area contributed by atoms with Gasteiger partial charge in [0.05, 0.1) is 0 Å². The van der Waals surface area contributed by atoms with E-state index in [1.165, 1.54) is 0 Å². The van der Waals surface area contributed by atoms with Gasteiger partial charge in [0.25, 0.3) is 5.91 Å². The second-order valence-electron chi connectivity index (χ2n) is 3.00. The minimum absolute atomic E-state index is 0. The molecule has 0 bridgehead atoms. The van der Waals surface area contributed by atoms with Gasteiger partial charge in [-0.3, -0.25) is 4.79 Å². The molecule has 0 atom stereocenters. The van der Waals surface area contributed by atoms with Crippen molar-refractivity contribution in [2.75, 3.05) is 0 Å². The molecule has 0 unspecified atom stereocenters. The van der Waals surface area contributed by atoms with Crippen molar-refractivity contribution in [2.45, 2.75) is 19.9 Å². The monoisotopic (exact) mass is 200 g/mol. The number of carbonyl (C=O) groups is 1. The van der Waals surface area contributed by atoms with Crippen LogP contribution in [-0.4, -0.2) is 5.91 Å². The molecule has 2 N–H and O–H groups in total. The van der Waals surface area contributed by atoms with Gasteiger partial charge in [0.2, 0.25) is 0 Å². The highest BCUT2D eigenvalue weighted by Crippen LogP contribution is 1.96. The summed E-state index contributed by atoms with van der Waals surface area (Å²) in [6, 6.07) is 3.88. The predicted molar refractivity (Wildman–Crippen MR) is 45.5 cm³/mol. The van der Waals surface area contributed by atoms with Crippen LogP contribution >= 0.6 is 0 Å². The van der Waals surface area contributed by atoms with Crippen molar-refractivity contribution < 1.29 is 21.8 Å². The summed E-state index contributed by atoms with van der Waals surface area (Å²) in [6.45, 7) is 4.09. The molecular formula is C9H13ClN2O. The Morgan fingerprint density at radius 1 is 1.54 bits per heavy atom. The lowest BCUT2D eigenvalue weighted by Crippen LogP contribution is -3.00. The standard InChI is InChI=1S/C9H12N2O.ClH/c1-7(2)11-5-3-4-8(6-11)9(10)12;/h3-7H,1-2H3,(H-,10,12);1H. The first kappa shape index (κ1) is 11.9. The SMILES string of the molecule is CC(C)[n+]1cccc(C(N)=O)c1.[Cl-]. The Hall–Kier alpha value is -1.09. The van der Waals surface area contributed by atoms with Crippen molar-refractivity contribution >= 4 is 5.91 Å². The van der Waals surface area contributed by atoms with Crippen molar-refractivity contribution in [3.05, 3.63) is 30.1 Å². The van der Waals surface area contributed by atoms with Gasteiger partial charge >= 0.3 is 0 Å². The molecule has 0 aliphatic rings. The molecule has 0 aliphatic carbocycles. The maximum absolute atomic E-state index is 10.8. The molecule has 0 aliphatic heterocycles. The second-order valence-corrected chi connectivity index (χ2v) is 3.00. The van der Waals surface area contributed by atoms with Crippen LogP contribution < -0.4 is 22.7 Å². The third-order valence-corrected chi connectivity index (χ3v) is 1.70. The summed E-state index contributed by atoms with van der Waals surface area (Å²) < 4.78 is 1.94. The lowest BCUT2D eigenvalue weighted by molar-refractivity contribution is -0.716. The summed E-state index contributed by atoms with van der Waals surface area (Å²) >= 11 is 0. The maximum Gasteiger partial charge on any atom is 0.254 e. The summed E-state index contributed by atoms with van der Waals surface area (Å²) in [6.07, 6.45) is 3.67. The molecule has 72 valence electrons. The van der Waals surface area contributed by atoms with Gasteiger partial charge in [0.1, 0.15) is 5.56 Å². The molecule has 3 nitrogen and oxygen atoms in total. The van der Waals surface area contributed by atoms with E-state index in [1.807, 2.05) is 30.7 Å². The Labute approximate surface area is 84.0 Å². The lowest BCUT2D eigenvalue weighted by atomic mass is 10.2. The molecule has 1 aromatic rings. The van der Waals surface area contributed by atoms with Crippen LogP contribution in [-0.2, 0) is 0 Å². The number of pyridine rings is 1. The zero-order chi connectivity index (χ0) is 9.14. The van der Waals surface area contributed by atoms with Gasteiger partial charge in [-0.05, 0) is 19.9 Å². The maximum atomic E-state index is 10.8. The third-order valence-electron chi connectivity index (χ3n) is 1.70. The Balaban J connectivity index is 0.00000144. The van der Waals surface area contributed by atoms with E-state index in [1.54, 1.807) is 12.3 Å². The smallest absolute Gasteiger partial charge is 0.254 e. The van der Waals surface area contributed by atoms with Crippen LogP contribution in [0.1, 0.15) is 30.2 Å². The first-order valence-electron chi connectivity index (χ1n) is 3.92. The molecule has 0 saturated heterocycles. The number of carbonyl (C=O) groups excluding carboxylic acids is 1. The van der Waals surface area contributed by atoms with Crippen LogP contribution in [0.5, 0.6) is 0 Å². The zero-order valence-corrected chi connectivity index (χ0v) is 8.45. The second kappa shape index (κ2) is 4.82. The summed E-state index contributed by atoms with van der Waals surface area (Å²) in [5, 5.41) is 0. The number of hydrogen-bond donors (Lipinski definition) is 1. The quantitative estimate of drug-likeness (QED) is 0.535. The fourth-order valence-corrected chi connectivity index (χ4v) is 0.960. The van der Waals surface area contributed by atoms with Crippen LogP contribution in [0.3, 0.4) is 0 Å². The van der Waals surface area contributed by atoms with E-state index >= 15 is 0 Å². The number of primary amides is 1. The largest absolute Gasteiger partial charge is 1.00 e. The Morgan fingerprint density at radius 2 is 2.15 bits per heavy atom. The number of hydrogen-bond acceptors (Lipinski definition) is 1. The highest BCUT2D eigenvalue weighted by Gasteiger charge is 2.08. The molecule has 0 fully saturated rings. The van der Waals surface area contributed by atoms with Gasteiger partial charge in [0, 0.05) is 6.07 Å². The number of rotatable bonds is 2. The minimum Gasteiger partial charge on any atom is -1.00 e. The van der Waals surface area contributed by atoms with Crippen molar-refractivity contribution in [3.8, 4) is 0 Å². The van der Waals surface area contributed by atoms with E-state index in [2.05, 4.69) is 0 Å². The fourth-order valence-electron chi connectivity index (χ4n) is 0.960. The Morgan fingerprint density at radius 3 is 2.62 bits per heavy atom. The van der Waals surface area contributed by atoms with Crippen LogP contribution in [0.2, 0.25) is 0 Å². The first-order chi connectivity index (χ1) is 5.61. The number of amides is 1. The van der Waals surface area contributed by atoms with Gasteiger partial charge in [-0.1, -0.05) is 0 Å². The number of halogens is 1. The normalized spacial score (nSPS) is 9.46. The van der Waals surface area contributed by atoms with Crippen LogP contribution in [0.15, 0.2) is 24.5 Å². The minimum atomic E-state index is -0.384. The molecule has 0 spiro atoms. The average molecular weight is 201 g/mol. The van der Waals surface area contributed by atoms with Gasteiger partial charge < -0.3 is 18.1 Å². The molecule has 0 aromatic carbocycles. The fraction of sp³-hybridized carbons (Fsp3) is 0.333. The van der Waals surface area contributed by atoms with E-state index in [9.17, 15) is 4.79 Å². The van der Waals surface area contributed by atoms with E-state index in [-0.39, 0.29) is 18.3 Å². The van der Waals surface area contributed by atoms with Crippen molar-refractivity contribution in [1.82, 2.24) is 0 Å². The van der Waals surface area contributed by atoms with E-state index < -0.39 is 0 Å².